The van der Waals surface area contributed by atoms with Crippen LogP contribution in [0.15, 0.2) is 12.4 Å². The van der Waals surface area contributed by atoms with Gasteiger partial charge in [-0.15, -0.1) is 5.10 Å². The van der Waals surface area contributed by atoms with E-state index in [1.807, 2.05) is 13.1 Å². The van der Waals surface area contributed by atoms with Gasteiger partial charge in [0.05, 0.1) is 30.7 Å². The number of amides is 1. The highest BCUT2D eigenvalue weighted by Crippen LogP contribution is 2.14. The van der Waals surface area contributed by atoms with Crippen LogP contribution >= 0.6 is 11.3 Å². The molecule has 1 saturated heterocycles. The van der Waals surface area contributed by atoms with Crippen LogP contribution in [0.1, 0.15) is 34.0 Å². The van der Waals surface area contributed by atoms with Gasteiger partial charge in [-0.25, -0.2) is 14.2 Å². The Morgan fingerprint density at radius 2 is 2.40 bits per heavy atom. The Kier molecular flexibility index (Phi) is 4.45. The van der Waals surface area contributed by atoms with E-state index in [1.54, 1.807) is 26.7 Å². The van der Waals surface area contributed by atoms with E-state index in [-0.39, 0.29) is 12.0 Å². The largest absolute Gasteiger partial charge is 0.376 e. The maximum Gasteiger partial charge on any atom is 0.273 e. The highest BCUT2D eigenvalue weighted by atomic mass is 32.1. The van der Waals surface area contributed by atoms with E-state index in [9.17, 15) is 4.79 Å². The van der Waals surface area contributed by atoms with Gasteiger partial charge in [-0.05, 0) is 19.8 Å². The topological polar surface area (TPSA) is 99.2 Å². The van der Waals surface area contributed by atoms with Gasteiger partial charge in [-0.2, -0.15) is 5.10 Å². The average molecular weight is 361 g/mol. The lowest BCUT2D eigenvalue weighted by Gasteiger charge is -2.07. The van der Waals surface area contributed by atoms with E-state index in [2.05, 4.69) is 25.7 Å². The second kappa shape index (κ2) is 6.89. The number of carbonyl (C=O) groups is 1. The highest BCUT2D eigenvalue weighted by Gasteiger charge is 2.18. The van der Waals surface area contributed by atoms with Gasteiger partial charge in [-0.3, -0.25) is 4.79 Å². The summed E-state index contributed by atoms with van der Waals surface area (Å²) in [5.41, 5.74) is 1.22. The predicted octanol–water partition coefficient (Wildman–Crippen LogP) is 0.842. The van der Waals surface area contributed by atoms with E-state index in [0.717, 1.165) is 35.1 Å². The summed E-state index contributed by atoms with van der Waals surface area (Å²) in [7, 11) is 0. The van der Waals surface area contributed by atoms with Crippen molar-refractivity contribution < 1.29 is 9.53 Å². The van der Waals surface area contributed by atoms with Crippen molar-refractivity contribution in [3.05, 3.63) is 28.8 Å². The van der Waals surface area contributed by atoms with Crippen molar-refractivity contribution in [1.29, 1.82) is 0 Å². The molecule has 9 nitrogen and oxygen atoms in total. The van der Waals surface area contributed by atoms with Crippen LogP contribution in [-0.4, -0.2) is 54.8 Å². The molecule has 0 unspecified atom stereocenters. The van der Waals surface area contributed by atoms with Crippen molar-refractivity contribution in [1.82, 2.24) is 34.9 Å². The van der Waals surface area contributed by atoms with Crippen LogP contribution < -0.4 is 5.32 Å². The lowest BCUT2D eigenvalue weighted by Crippen LogP contribution is -2.26. The maximum atomic E-state index is 12.2. The minimum atomic E-state index is -0.228. The first-order valence-electron chi connectivity index (χ1n) is 8.29. The lowest BCUT2D eigenvalue weighted by molar-refractivity contribution is 0.0930. The molecule has 0 aromatic carbocycles. The smallest absolute Gasteiger partial charge is 0.273 e. The molecule has 10 heteroatoms. The molecule has 4 heterocycles. The number of aryl methyl sites for hydroxylation is 1. The molecule has 3 aromatic heterocycles. The molecule has 3 aromatic rings. The summed E-state index contributed by atoms with van der Waals surface area (Å²) < 4.78 is 9.00. The first-order chi connectivity index (χ1) is 12.2. The Morgan fingerprint density at radius 3 is 3.20 bits per heavy atom. The number of imidazole rings is 1. The van der Waals surface area contributed by atoms with Crippen molar-refractivity contribution in [3.63, 3.8) is 0 Å². The molecule has 0 radical (unpaired) electrons. The fraction of sp³-hybridized carbons (Fsp3) is 0.533. The number of hydrogen-bond donors (Lipinski definition) is 1. The molecule has 0 spiro atoms. The van der Waals surface area contributed by atoms with Gasteiger partial charge in [-0.1, -0.05) is 16.6 Å². The number of carbonyl (C=O) groups excluding carboxylic acids is 1. The van der Waals surface area contributed by atoms with Crippen molar-refractivity contribution >= 4 is 22.2 Å². The maximum absolute atomic E-state index is 12.2. The zero-order chi connectivity index (χ0) is 17.2. The molecular formula is C15H19N7O2S. The fourth-order valence-corrected chi connectivity index (χ4v) is 3.59. The number of fused-ring (bicyclic) bond motifs is 1. The van der Waals surface area contributed by atoms with E-state index in [0.29, 0.717) is 25.2 Å². The molecule has 1 aliphatic rings. The van der Waals surface area contributed by atoms with Gasteiger partial charge in [0.15, 0.2) is 5.69 Å². The SMILES string of the molecule is Cc1nn2cc(CCNC(=O)c3cn(C[C@@H]4CCCO4)nn3)nc2s1. The van der Waals surface area contributed by atoms with Crippen LogP contribution in [0, 0.1) is 6.92 Å². The van der Waals surface area contributed by atoms with Gasteiger partial charge in [0, 0.05) is 19.6 Å². The van der Waals surface area contributed by atoms with Crippen LogP contribution in [0.5, 0.6) is 0 Å². The molecule has 0 aliphatic carbocycles. The zero-order valence-electron chi connectivity index (χ0n) is 13.9. The van der Waals surface area contributed by atoms with Crippen molar-refractivity contribution in [2.75, 3.05) is 13.2 Å². The van der Waals surface area contributed by atoms with Gasteiger partial charge < -0.3 is 10.1 Å². The Morgan fingerprint density at radius 1 is 1.48 bits per heavy atom. The number of rotatable bonds is 6. The summed E-state index contributed by atoms with van der Waals surface area (Å²) in [6.07, 6.45) is 6.47. The van der Waals surface area contributed by atoms with Gasteiger partial charge >= 0.3 is 0 Å². The summed E-state index contributed by atoms with van der Waals surface area (Å²) in [5, 5.41) is 16.1. The van der Waals surface area contributed by atoms with Crippen LogP contribution in [0.4, 0.5) is 0 Å². The Labute approximate surface area is 148 Å². The van der Waals surface area contributed by atoms with Gasteiger partial charge in [0.25, 0.3) is 5.91 Å². The summed E-state index contributed by atoms with van der Waals surface area (Å²) in [6, 6.07) is 0. The molecule has 1 atom stereocenters. The lowest BCUT2D eigenvalue weighted by atomic mass is 10.2. The van der Waals surface area contributed by atoms with Crippen molar-refractivity contribution in [3.8, 4) is 0 Å². The average Bonchev–Trinajstić information content (AvgIpc) is 3.32. The standard InChI is InChI=1S/C15H19N7O2S/c1-10-19-22-7-11(17-15(22)25-10)4-5-16-14(23)13-9-21(20-18-13)8-12-3-2-6-24-12/h7,9,12H,2-6,8H2,1H3,(H,16,23)/t12-/m0/s1. The summed E-state index contributed by atoms with van der Waals surface area (Å²) in [5.74, 6) is -0.228. The highest BCUT2D eigenvalue weighted by molar-refractivity contribution is 7.16. The second-order valence-electron chi connectivity index (χ2n) is 6.05. The second-order valence-corrected chi connectivity index (χ2v) is 7.21. The van der Waals surface area contributed by atoms with E-state index < -0.39 is 0 Å². The number of aromatic nitrogens is 6. The molecule has 4 rings (SSSR count). The quantitative estimate of drug-likeness (QED) is 0.698. The van der Waals surface area contributed by atoms with E-state index in [1.165, 1.54) is 0 Å². The number of ether oxygens (including phenoxy) is 1. The summed E-state index contributed by atoms with van der Waals surface area (Å²) in [4.78, 5) is 17.5. The molecule has 0 bridgehead atoms. The third-order valence-corrected chi connectivity index (χ3v) is 4.88. The Bertz CT molecular complexity index is 846. The number of nitrogens with one attached hydrogen (secondary N) is 1. The van der Waals surface area contributed by atoms with Gasteiger partial charge in [0.1, 0.15) is 5.01 Å². The third kappa shape index (κ3) is 3.69. The molecule has 0 saturated carbocycles. The normalized spacial score (nSPS) is 17.4. The summed E-state index contributed by atoms with van der Waals surface area (Å²) in [6.45, 7) is 3.87. The Balaban J connectivity index is 1.28. The van der Waals surface area contributed by atoms with E-state index in [4.69, 9.17) is 4.74 Å². The van der Waals surface area contributed by atoms with Crippen molar-refractivity contribution in [2.24, 2.45) is 0 Å². The third-order valence-electron chi connectivity index (χ3n) is 4.05. The molecule has 1 aliphatic heterocycles. The number of nitrogens with zero attached hydrogens (tertiary/aromatic N) is 6. The zero-order valence-corrected chi connectivity index (χ0v) is 14.7. The Hall–Kier alpha value is -2.33. The molecule has 25 heavy (non-hydrogen) atoms. The first-order valence-corrected chi connectivity index (χ1v) is 9.10. The van der Waals surface area contributed by atoms with Crippen LogP contribution in [0.2, 0.25) is 0 Å². The molecule has 1 N–H and O–H groups in total. The van der Waals surface area contributed by atoms with Gasteiger partial charge in [0.2, 0.25) is 4.96 Å². The van der Waals surface area contributed by atoms with Crippen LogP contribution in [-0.2, 0) is 17.7 Å². The number of hydrogen-bond acceptors (Lipinski definition) is 7. The van der Waals surface area contributed by atoms with Crippen molar-refractivity contribution in [2.45, 2.75) is 38.8 Å². The molecule has 1 amide bonds. The summed E-state index contributed by atoms with van der Waals surface area (Å²) >= 11 is 1.55. The van der Waals surface area contributed by atoms with Crippen LogP contribution in [0.25, 0.3) is 4.96 Å². The first kappa shape index (κ1) is 16.2. The molecular weight excluding hydrogens is 342 g/mol. The monoisotopic (exact) mass is 361 g/mol. The minimum absolute atomic E-state index is 0.171. The minimum Gasteiger partial charge on any atom is -0.376 e. The van der Waals surface area contributed by atoms with Crippen LogP contribution in [0.3, 0.4) is 0 Å². The van der Waals surface area contributed by atoms with E-state index >= 15 is 0 Å². The molecule has 132 valence electrons. The molecule has 1 fully saturated rings. The fourth-order valence-electron chi connectivity index (χ4n) is 2.85. The predicted molar refractivity (Wildman–Crippen MR) is 90.6 cm³/mol.